The number of aromatic nitrogens is 1. The van der Waals surface area contributed by atoms with Crippen LogP contribution in [0.1, 0.15) is 31.2 Å². The van der Waals surface area contributed by atoms with E-state index in [1.807, 2.05) is 18.2 Å². The fourth-order valence-corrected chi connectivity index (χ4v) is 4.03. The molecule has 34 heavy (non-hydrogen) atoms. The summed E-state index contributed by atoms with van der Waals surface area (Å²) in [5.74, 6) is -3.25. The van der Waals surface area contributed by atoms with E-state index in [-0.39, 0.29) is 21.7 Å². The van der Waals surface area contributed by atoms with Crippen LogP contribution < -0.4 is 22.1 Å². The maximum atomic E-state index is 14.0. The maximum absolute atomic E-state index is 14.0. The van der Waals surface area contributed by atoms with Crippen molar-refractivity contribution in [3.8, 4) is 0 Å². The highest BCUT2D eigenvalue weighted by Crippen LogP contribution is 2.31. The highest BCUT2D eigenvalue weighted by atomic mass is 32.1. The highest BCUT2D eigenvalue weighted by molar-refractivity contribution is 7.18. The van der Waals surface area contributed by atoms with Gasteiger partial charge in [-0.3, -0.25) is 9.59 Å². The Bertz CT molecular complexity index is 1350. The molecule has 7 nitrogen and oxygen atoms in total. The van der Waals surface area contributed by atoms with E-state index in [2.05, 4.69) is 15.6 Å². The van der Waals surface area contributed by atoms with Crippen molar-refractivity contribution in [1.82, 2.24) is 10.3 Å². The molecule has 0 aliphatic heterocycles. The van der Waals surface area contributed by atoms with Crippen molar-refractivity contribution in [2.45, 2.75) is 6.54 Å². The SMILES string of the molecule is Nc1ccccc1CNC(=O)c1ccc(Nc2nc(N)c(C(=O)c3c(F)cccc3F)s2)cc1. The number of carbonyl (C=O) groups excluding carboxylic acids is 2. The molecule has 0 aliphatic carbocycles. The fourth-order valence-electron chi connectivity index (χ4n) is 3.18. The lowest BCUT2D eigenvalue weighted by Gasteiger charge is -2.08. The summed E-state index contributed by atoms with van der Waals surface area (Å²) in [4.78, 5) is 29.0. The molecule has 0 radical (unpaired) electrons. The van der Waals surface area contributed by atoms with E-state index in [4.69, 9.17) is 11.5 Å². The number of thiazole rings is 1. The Balaban J connectivity index is 1.43. The number of carbonyl (C=O) groups is 2. The average molecular weight is 480 g/mol. The molecule has 1 amide bonds. The second-order valence-electron chi connectivity index (χ2n) is 7.24. The molecule has 4 aromatic rings. The molecule has 0 fully saturated rings. The van der Waals surface area contributed by atoms with Crippen LogP contribution in [0.2, 0.25) is 0 Å². The molecule has 4 rings (SSSR count). The van der Waals surface area contributed by atoms with Crippen molar-refractivity contribution >= 4 is 45.4 Å². The minimum absolute atomic E-state index is 0.0808. The quantitative estimate of drug-likeness (QED) is 0.229. The summed E-state index contributed by atoms with van der Waals surface area (Å²) in [5, 5.41) is 6.04. The third kappa shape index (κ3) is 4.86. The first-order valence-electron chi connectivity index (χ1n) is 10.1. The Hall–Kier alpha value is -4.31. The molecule has 3 aromatic carbocycles. The molecular weight excluding hydrogens is 460 g/mol. The average Bonchev–Trinajstić information content (AvgIpc) is 3.18. The van der Waals surface area contributed by atoms with Crippen molar-refractivity contribution in [3.63, 3.8) is 0 Å². The second kappa shape index (κ2) is 9.67. The molecule has 0 unspecified atom stereocenters. The third-order valence-electron chi connectivity index (χ3n) is 4.94. The van der Waals surface area contributed by atoms with Gasteiger partial charge >= 0.3 is 0 Å². The van der Waals surface area contributed by atoms with E-state index in [1.54, 1.807) is 30.3 Å². The zero-order valence-electron chi connectivity index (χ0n) is 17.6. The number of hydrogen-bond donors (Lipinski definition) is 4. The van der Waals surface area contributed by atoms with E-state index < -0.39 is 23.0 Å². The van der Waals surface area contributed by atoms with Crippen LogP contribution in [0.15, 0.2) is 66.7 Å². The van der Waals surface area contributed by atoms with Crippen LogP contribution in [-0.4, -0.2) is 16.7 Å². The van der Waals surface area contributed by atoms with E-state index in [1.165, 1.54) is 6.07 Å². The van der Waals surface area contributed by atoms with Crippen LogP contribution >= 0.6 is 11.3 Å². The normalized spacial score (nSPS) is 10.6. The fraction of sp³-hybridized carbons (Fsp3) is 0.0417. The first kappa shape index (κ1) is 22.9. The van der Waals surface area contributed by atoms with Gasteiger partial charge in [-0.2, -0.15) is 0 Å². The molecule has 0 saturated heterocycles. The standard InChI is InChI=1S/C24H19F2N5O2S/c25-16-5-3-6-17(26)19(16)20(32)21-22(28)31-24(34-21)30-15-10-8-13(9-11-15)23(33)29-12-14-4-1-2-7-18(14)27/h1-11H,12,27-28H2,(H,29,33)(H,30,31). The summed E-state index contributed by atoms with van der Waals surface area (Å²) in [6.07, 6.45) is 0. The maximum Gasteiger partial charge on any atom is 0.251 e. The largest absolute Gasteiger partial charge is 0.398 e. The number of nitrogens with zero attached hydrogens (tertiary/aromatic N) is 1. The molecule has 1 aromatic heterocycles. The molecule has 0 atom stereocenters. The summed E-state index contributed by atoms with van der Waals surface area (Å²) >= 11 is 0.871. The lowest BCUT2D eigenvalue weighted by atomic mass is 10.1. The van der Waals surface area contributed by atoms with Gasteiger partial charge in [-0.15, -0.1) is 0 Å². The van der Waals surface area contributed by atoms with Gasteiger partial charge in [0, 0.05) is 23.5 Å². The molecule has 0 spiro atoms. The third-order valence-corrected chi connectivity index (χ3v) is 5.93. The van der Waals surface area contributed by atoms with E-state index in [9.17, 15) is 18.4 Å². The van der Waals surface area contributed by atoms with Crippen molar-refractivity contribution in [2.24, 2.45) is 0 Å². The van der Waals surface area contributed by atoms with Crippen molar-refractivity contribution in [2.75, 3.05) is 16.8 Å². The number of para-hydroxylation sites is 1. The van der Waals surface area contributed by atoms with Crippen LogP contribution in [0, 0.1) is 11.6 Å². The molecule has 0 bridgehead atoms. The smallest absolute Gasteiger partial charge is 0.251 e. The Morgan fingerprint density at radius 3 is 2.26 bits per heavy atom. The summed E-state index contributed by atoms with van der Waals surface area (Å²) in [5.41, 5.74) is 13.4. The number of ketones is 1. The van der Waals surface area contributed by atoms with Gasteiger partial charge in [-0.25, -0.2) is 13.8 Å². The minimum atomic E-state index is -0.976. The van der Waals surface area contributed by atoms with Crippen molar-refractivity contribution in [3.05, 3.63) is 99.9 Å². The molecule has 1 heterocycles. The van der Waals surface area contributed by atoms with Gasteiger partial charge in [-0.1, -0.05) is 35.6 Å². The van der Waals surface area contributed by atoms with E-state index in [0.717, 1.165) is 29.0 Å². The first-order chi connectivity index (χ1) is 16.3. The highest BCUT2D eigenvalue weighted by Gasteiger charge is 2.24. The van der Waals surface area contributed by atoms with Gasteiger partial charge in [-0.05, 0) is 48.0 Å². The Labute approximate surface area is 197 Å². The molecule has 0 aliphatic rings. The number of nitrogen functional groups attached to an aromatic ring is 2. The Morgan fingerprint density at radius 1 is 0.912 bits per heavy atom. The topological polar surface area (TPSA) is 123 Å². The number of nitrogens with one attached hydrogen (secondary N) is 2. The van der Waals surface area contributed by atoms with Crippen molar-refractivity contribution in [1.29, 1.82) is 0 Å². The zero-order chi connectivity index (χ0) is 24.2. The van der Waals surface area contributed by atoms with Crippen molar-refractivity contribution < 1.29 is 18.4 Å². The van der Waals surface area contributed by atoms with Crippen LogP contribution in [0.25, 0.3) is 0 Å². The van der Waals surface area contributed by atoms with Gasteiger partial charge in [0.05, 0.1) is 5.56 Å². The minimum Gasteiger partial charge on any atom is -0.398 e. The number of anilines is 4. The van der Waals surface area contributed by atoms with Crippen LogP contribution in [-0.2, 0) is 6.54 Å². The van der Waals surface area contributed by atoms with Crippen LogP contribution in [0.5, 0.6) is 0 Å². The lowest BCUT2D eigenvalue weighted by Crippen LogP contribution is -2.23. The number of nitrogens with two attached hydrogens (primary N) is 2. The Kier molecular flexibility index (Phi) is 6.51. The van der Waals surface area contributed by atoms with Gasteiger partial charge in [0.2, 0.25) is 5.78 Å². The number of benzene rings is 3. The molecule has 6 N–H and O–H groups in total. The Morgan fingerprint density at radius 2 is 1.59 bits per heavy atom. The number of halogens is 2. The number of amides is 1. The van der Waals surface area contributed by atoms with Gasteiger partial charge in [0.15, 0.2) is 5.13 Å². The summed E-state index contributed by atoms with van der Waals surface area (Å²) in [7, 11) is 0. The molecule has 0 saturated carbocycles. The monoisotopic (exact) mass is 479 g/mol. The van der Waals surface area contributed by atoms with Gasteiger partial charge in [0.25, 0.3) is 5.91 Å². The van der Waals surface area contributed by atoms with E-state index >= 15 is 0 Å². The molecular formula is C24H19F2N5O2S. The van der Waals surface area contributed by atoms with Gasteiger partial charge < -0.3 is 22.1 Å². The summed E-state index contributed by atoms with van der Waals surface area (Å²) in [6, 6.07) is 17.0. The number of rotatable bonds is 7. The number of hydrogen-bond acceptors (Lipinski definition) is 7. The predicted octanol–water partition coefficient (Wildman–Crippen LogP) is 4.49. The molecule has 10 heteroatoms. The lowest BCUT2D eigenvalue weighted by molar-refractivity contribution is 0.0950. The van der Waals surface area contributed by atoms with Crippen LogP contribution in [0.4, 0.5) is 31.1 Å². The van der Waals surface area contributed by atoms with Crippen LogP contribution in [0.3, 0.4) is 0 Å². The molecule has 172 valence electrons. The predicted molar refractivity (Wildman–Crippen MR) is 128 cm³/mol. The van der Waals surface area contributed by atoms with E-state index in [0.29, 0.717) is 23.5 Å². The second-order valence-corrected chi connectivity index (χ2v) is 8.24. The zero-order valence-corrected chi connectivity index (χ0v) is 18.5. The van der Waals surface area contributed by atoms with Gasteiger partial charge in [0.1, 0.15) is 22.3 Å². The summed E-state index contributed by atoms with van der Waals surface area (Å²) < 4.78 is 27.9. The first-order valence-corrected chi connectivity index (χ1v) is 10.9. The summed E-state index contributed by atoms with van der Waals surface area (Å²) in [6.45, 7) is 0.295.